The molecule has 1 heterocycles. The van der Waals surface area contributed by atoms with Crippen molar-refractivity contribution in [1.29, 1.82) is 0 Å². The van der Waals surface area contributed by atoms with Crippen molar-refractivity contribution in [1.82, 2.24) is 10.2 Å². The van der Waals surface area contributed by atoms with E-state index in [1.165, 1.54) is 64.8 Å². The zero-order chi connectivity index (χ0) is 10.5. The molecule has 1 atom stereocenters. The second kappa shape index (κ2) is 5.86. The molecule has 1 unspecified atom stereocenters. The Morgan fingerprint density at radius 3 is 2.67 bits per heavy atom. The van der Waals surface area contributed by atoms with Gasteiger partial charge >= 0.3 is 0 Å². The highest BCUT2D eigenvalue weighted by molar-refractivity contribution is 4.77. The fraction of sp³-hybridized carbons (Fsp3) is 1.00. The van der Waals surface area contributed by atoms with Crippen LogP contribution in [0.3, 0.4) is 0 Å². The van der Waals surface area contributed by atoms with Gasteiger partial charge in [0, 0.05) is 6.54 Å². The molecular formula is C13H26N2. The minimum Gasteiger partial charge on any atom is -0.316 e. The maximum atomic E-state index is 3.51. The summed E-state index contributed by atoms with van der Waals surface area (Å²) in [6, 6.07) is 0. The SMILES string of the molecule is CCN(CCC1CC1)CC1CCCNC1. The molecule has 2 rings (SSSR count). The van der Waals surface area contributed by atoms with Crippen molar-refractivity contribution < 1.29 is 0 Å². The number of piperidine rings is 1. The summed E-state index contributed by atoms with van der Waals surface area (Å²) in [6.07, 6.45) is 7.27. The van der Waals surface area contributed by atoms with Gasteiger partial charge in [-0.05, 0) is 57.3 Å². The van der Waals surface area contributed by atoms with Crippen LogP contribution in [0.5, 0.6) is 0 Å². The first-order chi connectivity index (χ1) is 7.38. The van der Waals surface area contributed by atoms with Crippen LogP contribution in [0.4, 0.5) is 0 Å². The summed E-state index contributed by atoms with van der Waals surface area (Å²) in [5, 5.41) is 3.51. The molecule has 2 aliphatic rings. The normalized spacial score (nSPS) is 27.2. The first-order valence-electron chi connectivity index (χ1n) is 6.81. The third-order valence-electron chi connectivity index (χ3n) is 3.91. The van der Waals surface area contributed by atoms with Gasteiger partial charge in [0.25, 0.3) is 0 Å². The molecule has 1 saturated carbocycles. The van der Waals surface area contributed by atoms with E-state index in [2.05, 4.69) is 17.1 Å². The van der Waals surface area contributed by atoms with Crippen molar-refractivity contribution in [2.75, 3.05) is 32.7 Å². The Kier molecular flexibility index (Phi) is 4.45. The van der Waals surface area contributed by atoms with Crippen LogP contribution in [0.25, 0.3) is 0 Å². The topological polar surface area (TPSA) is 15.3 Å². The number of hydrogen-bond donors (Lipinski definition) is 1. The molecule has 15 heavy (non-hydrogen) atoms. The molecule has 1 saturated heterocycles. The largest absolute Gasteiger partial charge is 0.316 e. The van der Waals surface area contributed by atoms with Gasteiger partial charge in [0.05, 0.1) is 0 Å². The van der Waals surface area contributed by atoms with Crippen LogP contribution in [0.2, 0.25) is 0 Å². The lowest BCUT2D eigenvalue weighted by Gasteiger charge is -2.29. The smallest absolute Gasteiger partial charge is 0.00217 e. The summed E-state index contributed by atoms with van der Waals surface area (Å²) in [5.41, 5.74) is 0. The lowest BCUT2D eigenvalue weighted by molar-refractivity contribution is 0.211. The molecule has 88 valence electrons. The van der Waals surface area contributed by atoms with Gasteiger partial charge in [-0.1, -0.05) is 19.8 Å². The van der Waals surface area contributed by atoms with Gasteiger partial charge in [-0.3, -0.25) is 0 Å². The molecule has 0 radical (unpaired) electrons. The van der Waals surface area contributed by atoms with Crippen LogP contribution in [0.15, 0.2) is 0 Å². The van der Waals surface area contributed by atoms with E-state index in [1.807, 2.05) is 0 Å². The van der Waals surface area contributed by atoms with Crippen molar-refractivity contribution in [3.8, 4) is 0 Å². The highest BCUT2D eigenvalue weighted by atomic mass is 15.1. The van der Waals surface area contributed by atoms with E-state index in [0.29, 0.717) is 0 Å². The quantitative estimate of drug-likeness (QED) is 0.722. The second-order valence-corrected chi connectivity index (χ2v) is 5.34. The first-order valence-corrected chi connectivity index (χ1v) is 6.81. The Bertz CT molecular complexity index is 171. The Morgan fingerprint density at radius 2 is 2.07 bits per heavy atom. The molecule has 0 spiro atoms. The maximum absolute atomic E-state index is 3.51. The Labute approximate surface area is 94.4 Å². The Morgan fingerprint density at radius 1 is 1.20 bits per heavy atom. The maximum Gasteiger partial charge on any atom is 0.00217 e. The van der Waals surface area contributed by atoms with Crippen LogP contribution >= 0.6 is 0 Å². The van der Waals surface area contributed by atoms with Gasteiger partial charge in [-0.2, -0.15) is 0 Å². The van der Waals surface area contributed by atoms with Gasteiger partial charge in [-0.25, -0.2) is 0 Å². The molecule has 0 aromatic carbocycles. The van der Waals surface area contributed by atoms with Gasteiger partial charge in [0.2, 0.25) is 0 Å². The molecule has 1 N–H and O–H groups in total. The minimum atomic E-state index is 0.915. The Hall–Kier alpha value is -0.0800. The predicted molar refractivity (Wildman–Crippen MR) is 65.0 cm³/mol. The first kappa shape index (κ1) is 11.4. The van der Waals surface area contributed by atoms with E-state index in [1.54, 1.807) is 0 Å². The van der Waals surface area contributed by atoms with Gasteiger partial charge in [0.15, 0.2) is 0 Å². The van der Waals surface area contributed by atoms with Crippen molar-refractivity contribution in [2.24, 2.45) is 11.8 Å². The minimum absolute atomic E-state index is 0.915. The van der Waals surface area contributed by atoms with Crippen LogP contribution in [-0.2, 0) is 0 Å². The van der Waals surface area contributed by atoms with Crippen molar-refractivity contribution in [3.05, 3.63) is 0 Å². The fourth-order valence-corrected chi connectivity index (χ4v) is 2.60. The van der Waals surface area contributed by atoms with Crippen molar-refractivity contribution in [2.45, 2.75) is 39.0 Å². The van der Waals surface area contributed by atoms with E-state index in [0.717, 1.165) is 11.8 Å². The lowest BCUT2D eigenvalue weighted by Crippen LogP contribution is -2.38. The number of nitrogens with one attached hydrogen (secondary N) is 1. The van der Waals surface area contributed by atoms with Crippen LogP contribution in [0.1, 0.15) is 39.0 Å². The third-order valence-corrected chi connectivity index (χ3v) is 3.91. The molecular weight excluding hydrogens is 184 g/mol. The summed E-state index contributed by atoms with van der Waals surface area (Å²) in [4.78, 5) is 2.66. The molecule has 2 nitrogen and oxygen atoms in total. The van der Waals surface area contributed by atoms with Crippen LogP contribution in [0, 0.1) is 11.8 Å². The molecule has 0 amide bonds. The Balaban J connectivity index is 1.63. The van der Waals surface area contributed by atoms with Gasteiger partial charge in [0.1, 0.15) is 0 Å². The molecule has 2 heteroatoms. The van der Waals surface area contributed by atoms with E-state index in [9.17, 15) is 0 Å². The average Bonchev–Trinajstić information content (AvgIpc) is 3.09. The van der Waals surface area contributed by atoms with Crippen LogP contribution in [-0.4, -0.2) is 37.6 Å². The standard InChI is InChI=1S/C13H26N2/c1-2-15(9-7-12-5-6-12)11-13-4-3-8-14-10-13/h12-14H,2-11H2,1H3. The predicted octanol–water partition coefficient (Wildman–Crippen LogP) is 2.11. The van der Waals surface area contributed by atoms with E-state index in [4.69, 9.17) is 0 Å². The summed E-state index contributed by atoms with van der Waals surface area (Å²) in [6.45, 7) is 8.71. The third kappa shape index (κ3) is 4.12. The molecule has 1 aliphatic heterocycles. The molecule has 1 aliphatic carbocycles. The number of rotatable bonds is 6. The van der Waals surface area contributed by atoms with Crippen LogP contribution < -0.4 is 5.32 Å². The fourth-order valence-electron chi connectivity index (χ4n) is 2.60. The van der Waals surface area contributed by atoms with E-state index in [-0.39, 0.29) is 0 Å². The van der Waals surface area contributed by atoms with Gasteiger partial charge < -0.3 is 10.2 Å². The molecule has 0 bridgehead atoms. The van der Waals surface area contributed by atoms with Crippen molar-refractivity contribution >= 4 is 0 Å². The second-order valence-electron chi connectivity index (χ2n) is 5.34. The summed E-state index contributed by atoms with van der Waals surface area (Å²) in [5.74, 6) is 2.00. The van der Waals surface area contributed by atoms with Gasteiger partial charge in [-0.15, -0.1) is 0 Å². The molecule has 0 aromatic rings. The number of hydrogen-bond acceptors (Lipinski definition) is 2. The van der Waals surface area contributed by atoms with E-state index < -0.39 is 0 Å². The summed E-state index contributed by atoms with van der Waals surface area (Å²) >= 11 is 0. The zero-order valence-electron chi connectivity index (χ0n) is 10.2. The average molecular weight is 210 g/mol. The van der Waals surface area contributed by atoms with E-state index >= 15 is 0 Å². The summed E-state index contributed by atoms with van der Waals surface area (Å²) < 4.78 is 0. The highest BCUT2D eigenvalue weighted by Gasteiger charge is 2.22. The monoisotopic (exact) mass is 210 g/mol. The summed E-state index contributed by atoms with van der Waals surface area (Å²) in [7, 11) is 0. The molecule has 0 aromatic heterocycles. The molecule has 2 fully saturated rings. The van der Waals surface area contributed by atoms with Crippen molar-refractivity contribution in [3.63, 3.8) is 0 Å². The highest BCUT2D eigenvalue weighted by Crippen LogP contribution is 2.32. The number of nitrogens with zero attached hydrogens (tertiary/aromatic N) is 1. The zero-order valence-corrected chi connectivity index (χ0v) is 10.2. The lowest BCUT2D eigenvalue weighted by atomic mass is 9.99.